The third-order valence-corrected chi connectivity index (χ3v) is 4.75. The Morgan fingerprint density at radius 1 is 1.26 bits per heavy atom. The molecule has 3 rings (SSSR count). The molecular weight excluding hydrogens is 391 g/mol. The molecule has 140 valence electrons. The van der Waals surface area contributed by atoms with Crippen LogP contribution in [0.3, 0.4) is 0 Å². The van der Waals surface area contributed by atoms with Crippen LogP contribution in [0.5, 0.6) is 11.5 Å². The second-order valence-corrected chi connectivity index (χ2v) is 6.54. The highest BCUT2D eigenvalue weighted by Crippen LogP contribution is 2.37. The third-order valence-electron chi connectivity index (χ3n) is 4.02. The van der Waals surface area contributed by atoms with Crippen LogP contribution in [0.25, 0.3) is 22.1 Å². The molecule has 0 unspecified atom stereocenters. The van der Waals surface area contributed by atoms with Gasteiger partial charge in [0.1, 0.15) is 28.7 Å². The third kappa shape index (κ3) is 3.67. The highest BCUT2D eigenvalue weighted by atomic mass is 35.5. The van der Waals surface area contributed by atoms with Crippen molar-refractivity contribution in [1.82, 2.24) is 0 Å². The van der Waals surface area contributed by atoms with Crippen molar-refractivity contribution >= 4 is 34.2 Å². The fourth-order valence-electron chi connectivity index (χ4n) is 2.74. The Labute approximate surface area is 165 Å². The molecule has 0 amide bonds. The van der Waals surface area contributed by atoms with E-state index in [0.717, 1.165) is 0 Å². The number of methoxy groups -OCH3 is 1. The summed E-state index contributed by atoms with van der Waals surface area (Å²) >= 11 is 12.0. The summed E-state index contributed by atoms with van der Waals surface area (Å²) in [6, 6.07) is 6.37. The molecule has 0 fully saturated rings. The molecule has 0 atom stereocenters. The van der Waals surface area contributed by atoms with Gasteiger partial charge in [-0.2, -0.15) is 0 Å². The largest absolute Gasteiger partial charge is 0.507 e. The molecule has 0 radical (unpaired) electrons. The van der Waals surface area contributed by atoms with Gasteiger partial charge < -0.3 is 19.0 Å². The molecule has 1 N–H and O–H groups in total. The molecule has 0 saturated heterocycles. The summed E-state index contributed by atoms with van der Waals surface area (Å²) in [5.74, 6) is 0.140. The van der Waals surface area contributed by atoms with Gasteiger partial charge in [-0.15, -0.1) is 6.58 Å². The van der Waals surface area contributed by atoms with Crippen molar-refractivity contribution in [1.29, 1.82) is 0 Å². The zero-order valence-corrected chi connectivity index (χ0v) is 15.9. The average molecular weight is 407 g/mol. The number of halogens is 2. The fourth-order valence-corrected chi connectivity index (χ4v) is 3.04. The van der Waals surface area contributed by atoms with Crippen molar-refractivity contribution in [2.24, 2.45) is 0 Å². The Balaban J connectivity index is 2.25. The lowest BCUT2D eigenvalue weighted by molar-refractivity contribution is 0.0504. The minimum atomic E-state index is -0.393. The monoisotopic (exact) mass is 406 g/mol. The van der Waals surface area contributed by atoms with Gasteiger partial charge in [0.2, 0.25) is 5.43 Å². The number of phenols is 1. The molecule has 0 bridgehead atoms. The first-order valence-corrected chi connectivity index (χ1v) is 8.72. The fraction of sp³-hybridized carbons (Fsp3) is 0.150. The van der Waals surface area contributed by atoms with Gasteiger partial charge in [0.25, 0.3) is 0 Å². The van der Waals surface area contributed by atoms with Crippen LogP contribution in [0.2, 0.25) is 10.0 Å². The Morgan fingerprint density at radius 2 is 2.04 bits per heavy atom. The van der Waals surface area contributed by atoms with Crippen LogP contribution in [0, 0.1) is 0 Å². The summed E-state index contributed by atoms with van der Waals surface area (Å²) in [4.78, 5) is 13.0. The van der Waals surface area contributed by atoms with Gasteiger partial charge in [0, 0.05) is 18.7 Å². The van der Waals surface area contributed by atoms with Gasteiger partial charge in [-0.25, -0.2) is 0 Å². The quantitative estimate of drug-likeness (QED) is 0.450. The highest BCUT2D eigenvalue weighted by Gasteiger charge is 2.19. The number of phenolic OH excluding ortho intramolecular Hbond substituents is 1. The van der Waals surface area contributed by atoms with E-state index in [0.29, 0.717) is 33.3 Å². The van der Waals surface area contributed by atoms with E-state index in [-0.39, 0.29) is 29.1 Å². The van der Waals surface area contributed by atoms with E-state index in [1.807, 2.05) is 0 Å². The van der Waals surface area contributed by atoms with Gasteiger partial charge in [-0.1, -0.05) is 35.3 Å². The molecule has 0 saturated carbocycles. The average Bonchev–Trinajstić information content (AvgIpc) is 2.65. The van der Waals surface area contributed by atoms with Crippen molar-refractivity contribution in [2.45, 2.75) is 6.42 Å². The number of fused-ring (bicyclic) bond motifs is 1. The van der Waals surface area contributed by atoms with Crippen LogP contribution in [-0.4, -0.2) is 19.0 Å². The highest BCUT2D eigenvalue weighted by molar-refractivity contribution is 6.42. The molecular formula is C20H16Cl2O5. The molecule has 1 aromatic heterocycles. The zero-order chi connectivity index (χ0) is 19.6. The van der Waals surface area contributed by atoms with Crippen molar-refractivity contribution < 1.29 is 19.0 Å². The number of allylic oxidation sites excluding steroid dienone is 1. The maximum Gasteiger partial charge on any atom is 0.204 e. The number of hydrogen-bond donors (Lipinski definition) is 1. The van der Waals surface area contributed by atoms with Gasteiger partial charge in [0.15, 0.2) is 6.79 Å². The predicted molar refractivity (Wildman–Crippen MR) is 106 cm³/mol. The molecule has 27 heavy (non-hydrogen) atoms. The van der Waals surface area contributed by atoms with E-state index >= 15 is 0 Å². The Bertz CT molecular complexity index is 1070. The van der Waals surface area contributed by atoms with Gasteiger partial charge in [-0.3, -0.25) is 4.79 Å². The first-order chi connectivity index (χ1) is 13.0. The number of ether oxygens (including phenoxy) is 2. The molecule has 7 heteroatoms. The first kappa shape index (κ1) is 19.3. The second-order valence-electron chi connectivity index (χ2n) is 5.73. The van der Waals surface area contributed by atoms with Crippen LogP contribution in [-0.2, 0) is 11.2 Å². The Morgan fingerprint density at radius 3 is 2.70 bits per heavy atom. The summed E-state index contributed by atoms with van der Waals surface area (Å²) in [5, 5.41) is 11.5. The number of aromatic hydroxyl groups is 1. The number of benzene rings is 2. The Hall–Kier alpha value is -2.47. The summed E-state index contributed by atoms with van der Waals surface area (Å²) in [6.45, 7) is 3.66. The lowest BCUT2D eigenvalue weighted by atomic mass is 10.0. The maximum absolute atomic E-state index is 13.0. The number of hydrogen-bond acceptors (Lipinski definition) is 5. The van der Waals surface area contributed by atoms with Crippen molar-refractivity contribution in [2.75, 3.05) is 13.9 Å². The molecule has 5 nitrogen and oxygen atoms in total. The van der Waals surface area contributed by atoms with E-state index in [2.05, 4.69) is 6.58 Å². The van der Waals surface area contributed by atoms with Crippen LogP contribution in [0.1, 0.15) is 5.56 Å². The first-order valence-electron chi connectivity index (χ1n) is 7.96. The van der Waals surface area contributed by atoms with E-state index < -0.39 is 5.43 Å². The minimum absolute atomic E-state index is 0.0132. The van der Waals surface area contributed by atoms with E-state index in [9.17, 15) is 9.90 Å². The predicted octanol–water partition coefficient (Wildman–Crippen LogP) is 5.18. The maximum atomic E-state index is 13.0. The van der Waals surface area contributed by atoms with Crippen LogP contribution < -0.4 is 10.2 Å². The smallest absolute Gasteiger partial charge is 0.204 e. The summed E-state index contributed by atoms with van der Waals surface area (Å²) in [6.07, 6.45) is 3.22. The second kappa shape index (κ2) is 8.05. The van der Waals surface area contributed by atoms with Crippen molar-refractivity contribution in [3.05, 3.63) is 69.0 Å². The molecule has 0 aliphatic heterocycles. The van der Waals surface area contributed by atoms with E-state index in [4.69, 9.17) is 37.1 Å². The van der Waals surface area contributed by atoms with Crippen LogP contribution in [0.4, 0.5) is 0 Å². The van der Waals surface area contributed by atoms with Crippen molar-refractivity contribution in [3.8, 4) is 22.6 Å². The molecule has 0 aliphatic carbocycles. The van der Waals surface area contributed by atoms with Crippen molar-refractivity contribution in [3.63, 3.8) is 0 Å². The van der Waals surface area contributed by atoms with Crippen LogP contribution in [0.15, 0.2) is 52.4 Å². The molecule has 2 aromatic carbocycles. The lowest BCUT2D eigenvalue weighted by Gasteiger charge is -2.13. The van der Waals surface area contributed by atoms with E-state index in [1.165, 1.54) is 13.4 Å². The Kier molecular flexibility index (Phi) is 5.75. The molecule has 0 spiro atoms. The van der Waals surface area contributed by atoms with Crippen LogP contribution >= 0.6 is 23.2 Å². The molecule has 1 heterocycles. The summed E-state index contributed by atoms with van der Waals surface area (Å²) in [5.41, 5.74) is 1.01. The molecule has 0 aliphatic rings. The summed E-state index contributed by atoms with van der Waals surface area (Å²) in [7, 11) is 1.48. The number of rotatable bonds is 6. The van der Waals surface area contributed by atoms with Gasteiger partial charge >= 0.3 is 0 Å². The minimum Gasteiger partial charge on any atom is -0.507 e. The topological polar surface area (TPSA) is 68.9 Å². The standard InChI is InChI=1S/C20H16Cl2O5/c1-3-4-12-16(27-10-25-2)8-17-18(19(12)23)20(24)13(9-26-17)11-5-6-14(21)15(22)7-11/h3,5-9,23H,1,4,10H2,2H3. The van der Waals surface area contributed by atoms with Gasteiger partial charge in [0.05, 0.1) is 15.6 Å². The lowest BCUT2D eigenvalue weighted by Crippen LogP contribution is -2.08. The van der Waals surface area contributed by atoms with E-state index in [1.54, 1.807) is 30.3 Å². The summed E-state index contributed by atoms with van der Waals surface area (Å²) < 4.78 is 16.0. The SMILES string of the molecule is C=CCc1c(OCOC)cc2occ(-c3ccc(Cl)c(Cl)c3)c(=O)c2c1O. The normalized spacial score (nSPS) is 10.9. The molecule has 3 aromatic rings. The zero-order valence-electron chi connectivity index (χ0n) is 14.4. The van der Waals surface area contributed by atoms with Gasteiger partial charge in [-0.05, 0) is 24.1 Å².